The van der Waals surface area contributed by atoms with E-state index in [1.165, 1.54) is 0 Å². The number of benzene rings is 3. The molecule has 1 atom stereocenters. The largest absolute Gasteiger partial charge is 0.462 e. The fourth-order valence-electron chi connectivity index (χ4n) is 4.87. The Labute approximate surface area is 199 Å². The molecule has 2 heterocycles. The molecule has 0 spiro atoms. The molecule has 0 aliphatic carbocycles. The number of nitrogens with one attached hydrogen (secondary N) is 1. The number of amides is 1. The molecule has 170 valence electrons. The number of rotatable bonds is 6. The molecule has 5 nitrogen and oxygen atoms in total. The van der Waals surface area contributed by atoms with Crippen molar-refractivity contribution in [1.29, 1.82) is 0 Å². The Balaban J connectivity index is 1.82. The van der Waals surface area contributed by atoms with Gasteiger partial charge in [0.25, 0.3) is 0 Å². The van der Waals surface area contributed by atoms with Crippen LogP contribution in [-0.2, 0) is 16.1 Å². The van der Waals surface area contributed by atoms with Crippen molar-refractivity contribution in [3.8, 4) is 11.3 Å². The molecule has 0 saturated heterocycles. The molecule has 34 heavy (non-hydrogen) atoms. The predicted octanol–water partition coefficient (Wildman–Crippen LogP) is 5.77. The van der Waals surface area contributed by atoms with Crippen molar-refractivity contribution < 1.29 is 14.3 Å². The van der Waals surface area contributed by atoms with Crippen LogP contribution in [0.25, 0.3) is 11.3 Å². The minimum Gasteiger partial charge on any atom is -0.462 e. The summed E-state index contributed by atoms with van der Waals surface area (Å²) in [5.41, 5.74) is 6.51. The lowest BCUT2D eigenvalue weighted by Gasteiger charge is -2.16. The highest BCUT2D eigenvalue weighted by molar-refractivity contribution is 6.08. The van der Waals surface area contributed by atoms with Crippen LogP contribution in [0.5, 0.6) is 0 Å². The van der Waals surface area contributed by atoms with Crippen molar-refractivity contribution >= 4 is 17.6 Å². The van der Waals surface area contributed by atoms with E-state index in [4.69, 9.17) is 4.74 Å². The van der Waals surface area contributed by atoms with Crippen molar-refractivity contribution in [2.24, 2.45) is 0 Å². The van der Waals surface area contributed by atoms with Crippen LogP contribution in [0.1, 0.15) is 45.6 Å². The highest BCUT2D eigenvalue weighted by atomic mass is 16.5. The molecule has 1 aliphatic rings. The number of hydrogen-bond acceptors (Lipinski definition) is 3. The number of esters is 1. The predicted molar refractivity (Wildman–Crippen MR) is 133 cm³/mol. The van der Waals surface area contributed by atoms with Crippen molar-refractivity contribution in [3.63, 3.8) is 0 Å². The Morgan fingerprint density at radius 1 is 0.941 bits per heavy atom. The SMILES string of the molecule is CCOC(=O)c1c(C2C(=O)Nc3ccccc32)c(-c2ccccc2)n(Cc2ccccc2)c1C. The van der Waals surface area contributed by atoms with Gasteiger partial charge in [0.1, 0.15) is 0 Å². The highest BCUT2D eigenvalue weighted by Gasteiger charge is 2.40. The third-order valence-corrected chi connectivity index (χ3v) is 6.35. The fraction of sp³-hybridized carbons (Fsp3) is 0.172. The van der Waals surface area contributed by atoms with Crippen LogP contribution in [-0.4, -0.2) is 23.1 Å². The van der Waals surface area contributed by atoms with E-state index < -0.39 is 11.9 Å². The molecule has 5 rings (SSSR count). The lowest BCUT2D eigenvalue weighted by atomic mass is 9.87. The normalized spacial score (nSPS) is 14.5. The molecule has 0 fully saturated rings. The quantitative estimate of drug-likeness (QED) is 0.379. The summed E-state index contributed by atoms with van der Waals surface area (Å²) in [6.45, 7) is 4.56. The second kappa shape index (κ2) is 9.02. The molecule has 0 bridgehead atoms. The number of carbonyl (C=O) groups is 2. The van der Waals surface area contributed by atoms with Gasteiger partial charge in [0.15, 0.2) is 0 Å². The summed E-state index contributed by atoms with van der Waals surface area (Å²) in [6.07, 6.45) is 0. The van der Waals surface area contributed by atoms with E-state index in [1.807, 2.05) is 79.7 Å². The fourth-order valence-corrected chi connectivity index (χ4v) is 4.87. The first-order valence-electron chi connectivity index (χ1n) is 11.5. The molecule has 0 radical (unpaired) electrons. The molecule has 1 aliphatic heterocycles. The lowest BCUT2D eigenvalue weighted by Crippen LogP contribution is -2.17. The van der Waals surface area contributed by atoms with Gasteiger partial charge in [-0.1, -0.05) is 78.9 Å². The number of hydrogen-bond donors (Lipinski definition) is 1. The lowest BCUT2D eigenvalue weighted by molar-refractivity contribution is -0.116. The number of fused-ring (bicyclic) bond motifs is 1. The number of ether oxygens (including phenoxy) is 1. The van der Waals surface area contributed by atoms with E-state index in [1.54, 1.807) is 6.92 Å². The first-order chi connectivity index (χ1) is 16.6. The molecule has 5 heteroatoms. The van der Waals surface area contributed by atoms with Gasteiger partial charge in [-0.05, 0) is 36.6 Å². The molecule has 3 aromatic carbocycles. The summed E-state index contributed by atoms with van der Waals surface area (Å²) in [7, 11) is 0. The zero-order valence-corrected chi connectivity index (χ0v) is 19.2. The van der Waals surface area contributed by atoms with Gasteiger partial charge in [0.2, 0.25) is 5.91 Å². The topological polar surface area (TPSA) is 60.3 Å². The molecule has 1 N–H and O–H groups in total. The number of para-hydroxylation sites is 1. The standard InChI is InChI=1S/C29H26N2O3/c1-3-34-29(33)24-19(2)31(18-20-12-6-4-7-13-20)27(21-14-8-5-9-15-21)26(24)25-22-16-10-11-17-23(22)30-28(25)32/h4-17,25H,3,18H2,1-2H3,(H,30,32). The van der Waals surface area contributed by atoms with Crippen LogP contribution in [0.2, 0.25) is 0 Å². The van der Waals surface area contributed by atoms with Gasteiger partial charge in [0, 0.05) is 23.5 Å². The molecule has 1 amide bonds. The molecule has 1 unspecified atom stereocenters. The summed E-state index contributed by atoms with van der Waals surface area (Å²) >= 11 is 0. The summed E-state index contributed by atoms with van der Waals surface area (Å²) in [6, 6.07) is 27.7. The molecule has 4 aromatic rings. The smallest absolute Gasteiger partial charge is 0.340 e. The van der Waals surface area contributed by atoms with Gasteiger partial charge < -0.3 is 14.6 Å². The van der Waals surface area contributed by atoms with Crippen LogP contribution in [0.15, 0.2) is 84.9 Å². The van der Waals surface area contributed by atoms with E-state index in [0.717, 1.165) is 33.8 Å². The maximum Gasteiger partial charge on any atom is 0.340 e. The average Bonchev–Trinajstić information content (AvgIpc) is 3.33. The van der Waals surface area contributed by atoms with Crippen molar-refractivity contribution in [2.45, 2.75) is 26.3 Å². The summed E-state index contributed by atoms with van der Waals surface area (Å²) in [4.78, 5) is 26.7. The number of aromatic nitrogens is 1. The van der Waals surface area contributed by atoms with E-state index in [9.17, 15) is 9.59 Å². The van der Waals surface area contributed by atoms with Crippen LogP contribution in [0, 0.1) is 6.92 Å². The van der Waals surface area contributed by atoms with Crippen LogP contribution < -0.4 is 5.32 Å². The third-order valence-electron chi connectivity index (χ3n) is 6.35. The Morgan fingerprint density at radius 2 is 1.59 bits per heavy atom. The summed E-state index contributed by atoms with van der Waals surface area (Å²) in [5.74, 6) is -1.15. The minimum absolute atomic E-state index is 0.138. The summed E-state index contributed by atoms with van der Waals surface area (Å²) < 4.78 is 7.64. The van der Waals surface area contributed by atoms with Gasteiger partial charge in [-0.25, -0.2) is 4.79 Å². The molecular formula is C29H26N2O3. The van der Waals surface area contributed by atoms with E-state index in [-0.39, 0.29) is 12.5 Å². The maximum absolute atomic E-state index is 13.4. The maximum atomic E-state index is 13.4. The van der Waals surface area contributed by atoms with Gasteiger partial charge in [-0.15, -0.1) is 0 Å². The average molecular weight is 451 g/mol. The van der Waals surface area contributed by atoms with Gasteiger partial charge in [-0.3, -0.25) is 4.79 Å². The highest BCUT2D eigenvalue weighted by Crippen LogP contribution is 2.45. The third kappa shape index (κ3) is 3.69. The Bertz CT molecular complexity index is 1360. The van der Waals surface area contributed by atoms with Gasteiger partial charge in [0.05, 0.1) is 23.8 Å². The molecule has 1 aromatic heterocycles. The Kier molecular flexibility index (Phi) is 5.76. The first kappa shape index (κ1) is 21.7. The zero-order valence-electron chi connectivity index (χ0n) is 19.2. The van der Waals surface area contributed by atoms with Crippen LogP contribution in [0.3, 0.4) is 0 Å². The second-order valence-corrected chi connectivity index (χ2v) is 8.39. The second-order valence-electron chi connectivity index (χ2n) is 8.39. The van der Waals surface area contributed by atoms with Crippen molar-refractivity contribution in [3.05, 3.63) is 113 Å². The van der Waals surface area contributed by atoms with Crippen LogP contribution in [0.4, 0.5) is 5.69 Å². The van der Waals surface area contributed by atoms with Crippen molar-refractivity contribution in [2.75, 3.05) is 11.9 Å². The van der Waals surface area contributed by atoms with Gasteiger partial charge >= 0.3 is 5.97 Å². The minimum atomic E-state index is -0.610. The number of anilines is 1. The Hall–Kier alpha value is -4.12. The zero-order chi connectivity index (χ0) is 23.7. The molecular weight excluding hydrogens is 424 g/mol. The van der Waals surface area contributed by atoms with Crippen LogP contribution >= 0.6 is 0 Å². The molecule has 0 saturated carbocycles. The number of carbonyl (C=O) groups excluding carboxylic acids is 2. The van der Waals surface area contributed by atoms with E-state index in [2.05, 4.69) is 22.0 Å². The van der Waals surface area contributed by atoms with Crippen molar-refractivity contribution in [1.82, 2.24) is 4.57 Å². The first-order valence-corrected chi connectivity index (χ1v) is 11.5. The van der Waals surface area contributed by atoms with E-state index in [0.29, 0.717) is 17.7 Å². The monoisotopic (exact) mass is 450 g/mol. The number of nitrogens with zero attached hydrogens (tertiary/aromatic N) is 1. The Morgan fingerprint density at radius 3 is 2.29 bits per heavy atom. The van der Waals surface area contributed by atoms with Gasteiger partial charge in [-0.2, -0.15) is 0 Å². The van der Waals surface area contributed by atoms with E-state index >= 15 is 0 Å². The summed E-state index contributed by atoms with van der Waals surface area (Å²) in [5, 5.41) is 3.00.